The summed E-state index contributed by atoms with van der Waals surface area (Å²) in [4.78, 5) is 0. The monoisotopic (exact) mass is 154 g/mol. The Kier molecular flexibility index (Phi) is 1.06. The molecular weight excluding hydrogens is 140 g/mol. The molecule has 0 spiro atoms. The predicted molar refractivity (Wildman–Crippen MR) is 40.0 cm³/mol. The van der Waals surface area contributed by atoms with Crippen LogP contribution in [0.5, 0.6) is 0 Å². The van der Waals surface area contributed by atoms with Crippen LogP contribution in [0.15, 0.2) is 0 Å². The maximum atomic E-state index is 9.70. The number of ether oxygens (including phenoxy) is 1. The molecule has 11 heavy (non-hydrogen) atoms. The summed E-state index contributed by atoms with van der Waals surface area (Å²) in [6, 6.07) is 0. The van der Waals surface area contributed by atoms with Crippen molar-refractivity contribution in [3.05, 3.63) is 0 Å². The molecule has 1 N–H and O–H groups in total. The smallest absolute Gasteiger partial charge is 0.0872 e. The van der Waals surface area contributed by atoms with E-state index in [2.05, 4.69) is 6.92 Å². The molecule has 3 rings (SSSR count). The Morgan fingerprint density at radius 1 is 1.27 bits per heavy atom. The highest BCUT2D eigenvalue weighted by Crippen LogP contribution is 2.56. The van der Waals surface area contributed by atoms with Gasteiger partial charge in [0.2, 0.25) is 0 Å². The largest absolute Gasteiger partial charge is 0.390 e. The third-order valence-electron chi connectivity index (χ3n) is 3.92. The lowest BCUT2D eigenvalue weighted by molar-refractivity contribution is -0.0284. The minimum atomic E-state index is -0.138. The molecule has 3 aliphatic rings. The van der Waals surface area contributed by atoms with Gasteiger partial charge < -0.3 is 9.84 Å². The zero-order valence-electron chi connectivity index (χ0n) is 6.73. The van der Waals surface area contributed by atoms with Crippen molar-refractivity contribution in [3.8, 4) is 0 Å². The van der Waals surface area contributed by atoms with Gasteiger partial charge in [0.05, 0.1) is 18.3 Å². The van der Waals surface area contributed by atoms with Crippen molar-refractivity contribution in [2.45, 2.75) is 38.1 Å². The molecule has 2 saturated carbocycles. The van der Waals surface area contributed by atoms with E-state index < -0.39 is 0 Å². The maximum Gasteiger partial charge on any atom is 0.0872 e. The van der Waals surface area contributed by atoms with Crippen molar-refractivity contribution in [3.63, 3.8) is 0 Å². The van der Waals surface area contributed by atoms with Crippen LogP contribution in [0.2, 0.25) is 0 Å². The number of hydrogen-bond acceptors (Lipinski definition) is 2. The second kappa shape index (κ2) is 1.80. The molecule has 6 atom stereocenters. The highest BCUT2D eigenvalue weighted by Gasteiger charge is 2.59. The van der Waals surface area contributed by atoms with Crippen molar-refractivity contribution in [2.75, 3.05) is 0 Å². The summed E-state index contributed by atoms with van der Waals surface area (Å²) in [5, 5.41) is 9.70. The van der Waals surface area contributed by atoms with Crippen LogP contribution in [0.1, 0.15) is 19.8 Å². The summed E-state index contributed by atoms with van der Waals surface area (Å²) in [5.74, 6) is 2.04. The van der Waals surface area contributed by atoms with Crippen LogP contribution in [0.4, 0.5) is 0 Å². The molecule has 62 valence electrons. The van der Waals surface area contributed by atoms with E-state index in [1.807, 2.05) is 0 Å². The molecule has 0 radical (unpaired) electrons. The van der Waals surface area contributed by atoms with E-state index in [1.165, 1.54) is 12.8 Å². The molecule has 1 heterocycles. The first-order valence-corrected chi connectivity index (χ1v) is 4.61. The first-order chi connectivity index (χ1) is 5.27. The van der Waals surface area contributed by atoms with E-state index in [1.54, 1.807) is 0 Å². The van der Waals surface area contributed by atoms with Gasteiger partial charge in [0, 0.05) is 0 Å². The minimum absolute atomic E-state index is 0.138. The molecule has 0 aromatic rings. The number of fused-ring (bicyclic) bond motifs is 1. The van der Waals surface area contributed by atoms with E-state index in [0.717, 1.165) is 5.92 Å². The molecule has 2 bridgehead atoms. The van der Waals surface area contributed by atoms with Crippen LogP contribution in [0, 0.1) is 17.8 Å². The van der Waals surface area contributed by atoms with Gasteiger partial charge in [0.25, 0.3) is 0 Å². The lowest BCUT2D eigenvalue weighted by Crippen LogP contribution is -2.31. The SMILES string of the molecule is CC1O[C@@H]2[C@@H](O)[C@H]3C[C@@H]2[C@@H]1C3. The van der Waals surface area contributed by atoms with Crippen LogP contribution in [0.25, 0.3) is 0 Å². The van der Waals surface area contributed by atoms with Gasteiger partial charge in [0.1, 0.15) is 0 Å². The molecule has 1 unspecified atom stereocenters. The molecule has 1 saturated heterocycles. The maximum absolute atomic E-state index is 9.70. The standard InChI is InChI=1S/C9H14O2/c1-4-6-2-5-3-7(6)9(11-4)8(5)10/h4-10H,2-3H2,1H3/t4?,5-,6-,7-,8+,9+/m1/s1. The predicted octanol–water partition coefficient (Wildman–Crippen LogP) is 0.791. The van der Waals surface area contributed by atoms with Crippen molar-refractivity contribution in [1.29, 1.82) is 0 Å². The average molecular weight is 154 g/mol. The number of aliphatic hydroxyl groups is 1. The van der Waals surface area contributed by atoms with E-state index >= 15 is 0 Å². The summed E-state index contributed by atoms with van der Waals surface area (Å²) in [5.41, 5.74) is 0. The molecular formula is C9H14O2. The quantitative estimate of drug-likeness (QED) is 0.559. The van der Waals surface area contributed by atoms with Crippen LogP contribution < -0.4 is 0 Å². The van der Waals surface area contributed by atoms with Crippen molar-refractivity contribution >= 4 is 0 Å². The lowest BCUT2D eigenvalue weighted by Gasteiger charge is -2.21. The van der Waals surface area contributed by atoms with Crippen molar-refractivity contribution < 1.29 is 9.84 Å². The Morgan fingerprint density at radius 3 is 2.64 bits per heavy atom. The summed E-state index contributed by atoms with van der Waals surface area (Å²) in [6.07, 6.45) is 2.91. The third-order valence-corrected chi connectivity index (χ3v) is 3.92. The molecule has 0 aromatic carbocycles. The zero-order chi connectivity index (χ0) is 7.59. The van der Waals surface area contributed by atoms with Crippen LogP contribution in [0.3, 0.4) is 0 Å². The zero-order valence-corrected chi connectivity index (χ0v) is 6.73. The second-order valence-electron chi connectivity index (χ2n) is 4.36. The Hall–Kier alpha value is -0.0800. The molecule has 0 aromatic heterocycles. The fourth-order valence-corrected chi connectivity index (χ4v) is 3.39. The second-order valence-corrected chi connectivity index (χ2v) is 4.36. The van der Waals surface area contributed by atoms with E-state index in [9.17, 15) is 5.11 Å². The fraction of sp³-hybridized carbons (Fsp3) is 1.00. The molecule has 1 aliphatic heterocycles. The average Bonchev–Trinajstić information content (AvgIpc) is 2.53. The van der Waals surface area contributed by atoms with Crippen LogP contribution in [-0.4, -0.2) is 23.4 Å². The van der Waals surface area contributed by atoms with Gasteiger partial charge in [-0.1, -0.05) is 0 Å². The topological polar surface area (TPSA) is 29.5 Å². The summed E-state index contributed by atoms with van der Waals surface area (Å²) < 4.78 is 5.70. The van der Waals surface area contributed by atoms with Crippen LogP contribution >= 0.6 is 0 Å². The third kappa shape index (κ3) is 0.611. The number of aliphatic hydroxyl groups excluding tert-OH is 1. The van der Waals surface area contributed by atoms with E-state index in [4.69, 9.17) is 4.74 Å². The molecule has 2 nitrogen and oxygen atoms in total. The Balaban J connectivity index is 1.98. The first-order valence-electron chi connectivity index (χ1n) is 4.61. The first kappa shape index (κ1) is 6.44. The van der Waals surface area contributed by atoms with Crippen molar-refractivity contribution in [2.24, 2.45) is 17.8 Å². The van der Waals surface area contributed by atoms with Gasteiger partial charge in [-0.3, -0.25) is 0 Å². The van der Waals surface area contributed by atoms with Gasteiger partial charge in [-0.05, 0) is 37.5 Å². The normalized spacial score (nSPS) is 66.0. The van der Waals surface area contributed by atoms with Crippen molar-refractivity contribution in [1.82, 2.24) is 0 Å². The van der Waals surface area contributed by atoms with Gasteiger partial charge in [0.15, 0.2) is 0 Å². The molecule has 2 aliphatic carbocycles. The Morgan fingerprint density at radius 2 is 2.00 bits per heavy atom. The highest BCUT2D eigenvalue weighted by atomic mass is 16.5. The molecule has 0 amide bonds. The van der Waals surface area contributed by atoms with Gasteiger partial charge in [-0.25, -0.2) is 0 Å². The molecule has 3 fully saturated rings. The fourth-order valence-electron chi connectivity index (χ4n) is 3.39. The van der Waals surface area contributed by atoms with E-state index in [0.29, 0.717) is 17.9 Å². The summed E-state index contributed by atoms with van der Waals surface area (Å²) in [6.45, 7) is 2.15. The molecule has 2 heteroatoms. The highest BCUT2D eigenvalue weighted by molar-refractivity contribution is 5.07. The minimum Gasteiger partial charge on any atom is -0.390 e. The number of hydrogen-bond donors (Lipinski definition) is 1. The summed E-state index contributed by atoms with van der Waals surface area (Å²) >= 11 is 0. The van der Waals surface area contributed by atoms with Gasteiger partial charge in [-0.15, -0.1) is 0 Å². The van der Waals surface area contributed by atoms with E-state index in [-0.39, 0.29) is 12.2 Å². The Labute approximate surface area is 66.5 Å². The summed E-state index contributed by atoms with van der Waals surface area (Å²) in [7, 11) is 0. The van der Waals surface area contributed by atoms with Gasteiger partial charge in [-0.2, -0.15) is 0 Å². The Bertz CT molecular complexity index is 192. The van der Waals surface area contributed by atoms with Gasteiger partial charge >= 0.3 is 0 Å². The number of rotatable bonds is 0. The van der Waals surface area contributed by atoms with Crippen LogP contribution in [-0.2, 0) is 4.74 Å². The lowest BCUT2D eigenvalue weighted by atomic mass is 9.86.